The van der Waals surface area contributed by atoms with Gasteiger partial charge in [-0.1, -0.05) is 0 Å². The van der Waals surface area contributed by atoms with Crippen molar-refractivity contribution in [1.29, 1.82) is 0 Å². The van der Waals surface area contributed by atoms with E-state index < -0.39 is 0 Å². The summed E-state index contributed by atoms with van der Waals surface area (Å²) in [5.74, 6) is 2.41. The first-order valence-electron chi connectivity index (χ1n) is 7.67. The summed E-state index contributed by atoms with van der Waals surface area (Å²) < 4.78 is 11.2. The van der Waals surface area contributed by atoms with E-state index in [4.69, 9.17) is 9.47 Å². The molecule has 0 spiro atoms. The van der Waals surface area contributed by atoms with E-state index in [0.29, 0.717) is 13.2 Å². The van der Waals surface area contributed by atoms with Gasteiger partial charge in [0, 0.05) is 18.3 Å². The van der Waals surface area contributed by atoms with Crippen molar-refractivity contribution in [2.45, 2.75) is 26.7 Å². The molecule has 0 amide bonds. The van der Waals surface area contributed by atoms with Crippen molar-refractivity contribution in [3.05, 3.63) is 18.2 Å². The molecule has 0 radical (unpaired) electrons. The van der Waals surface area contributed by atoms with Gasteiger partial charge in [0.2, 0.25) is 0 Å². The molecule has 20 heavy (non-hydrogen) atoms. The number of hydrogen-bond donors (Lipinski definition) is 2. The molecule has 0 aliphatic carbocycles. The smallest absolute Gasteiger partial charge is 0.163 e. The van der Waals surface area contributed by atoms with Crippen LogP contribution in [0.15, 0.2) is 18.2 Å². The van der Waals surface area contributed by atoms with Gasteiger partial charge in [0.15, 0.2) is 11.5 Å². The second-order valence-corrected chi connectivity index (χ2v) is 5.10. The summed E-state index contributed by atoms with van der Waals surface area (Å²) in [5, 5.41) is 6.92. The SMILES string of the molecule is CCOc1ccc(NCC2CCNCC2)cc1OCC. The molecule has 2 N–H and O–H groups in total. The minimum atomic E-state index is 0.651. The lowest BCUT2D eigenvalue weighted by Crippen LogP contribution is -2.31. The standard InChI is InChI=1S/C16H26N2O2/c1-3-19-15-6-5-14(11-16(15)20-4-2)18-12-13-7-9-17-10-8-13/h5-6,11,13,17-18H,3-4,7-10,12H2,1-2H3. The van der Waals surface area contributed by atoms with Gasteiger partial charge in [0.25, 0.3) is 0 Å². The highest BCUT2D eigenvalue weighted by Gasteiger charge is 2.13. The second-order valence-electron chi connectivity index (χ2n) is 5.10. The number of rotatable bonds is 7. The molecule has 4 nitrogen and oxygen atoms in total. The highest BCUT2D eigenvalue weighted by molar-refractivity contribution is 5.54. The van der Waals surface area contributed by atoms with E-state index >= 15 is 0 Å². The van der Waals surface area contributed by atoms with E-state index in [1.165, 1.54) is 12.8 Å². The molecule has 4 heteroatoms. The number of benzene rings is 1. The van der Waals surface area contributed by atoms with Crippen molar-refractivity contribution in [1.82, 2.24) is 5.32 Å². The predicted octanol–water partition coefficient (Wildman–Crippen LogP) is 2.90. The van der Waals surface area contributed by atoms with Crippen LogP contribution in [0.3, 0.4) is 0 Å². The maximum atomic E-state index is 5.65. The molecule has 1 aliphatic heterocycles. The highest BCUT2D eigenvalue weighted by atomic mass is 16.5. The Morgan fingerprint density at radius 3 is 2.50 bits per heavy atom. The van der Waals surface area contributed by atoms with Gasteiger partial charge in [0.1, 0.15) is 0 Å². The number of hydrogen-bond acceptors (Lipinski definition) is 4. The van der Waals surface area contributed by atoms with Crippen molar-refractivity contribution in [3.8, 4) is 11.5 Å². The van der Waals surface area contributed by atoms with Gasteiger partial charge in [-0.15, -0.1) is 0 Å². The largest absolute Gasteiger partial charge is 0.490 e. The first kappa shape index (κ1) is 15.0. The van der Waals surface area contributed by atoms with Crippen LogP contribution < -0.4 is 20.1 Å². The Morgan fingerprint density at radius 2 is 1.80 bits per heavy atom. The van der Waals surface area contributed by atoms with Gasteiger partial charge in [0.05, 0.1) is 13.2 Å². The van der Waals surface area contributed by atoms with E-state index in [9.17, 15) is 0 Å². The molecule has 0 unspecified atom stereocenters. The summed E-state index contributed by atoms with van der Waals surface area (Å²) >= 11 is 0. The summed E-state index contributed by atoms with van der Waals surface area (Å²) in [4.78, 5) is 0. The first-order valence-corrected chi connectivity index (χ1v) is 7.67. The number of anilines is 1. The van der Waals surface area contributed by atoms with Crippen LogP contribution >= 0.6 is 0 Å². The van der Waals surface area contributed by atoms with Crippen LogP contribution in [0.2, 0.25) is 0 Å². The zero-order chi connectivity index (χ0) is 14.2. The van der Waals surface area contributed by atoms with Crippen molar-refractivity contribution in [3.63, 3.8) is 0 Å². The predicted molar refractivity (Wildman–Crippen MR) is 82.9 cm³/mol. The molecule has 1 heterocycles. The Kier molecular flexibility index (Phi) is 5.99. The molecule has 0 aromatic heterocycles. The number of nitrogens with one attached hydrogen (secondary N) is 2. The Bertz CT molecular complexity index is 403. The van der Waals surface area contributed by atoms with Crippen LogP contribution in [0.1, 0.15) is 26.7 Å². The van der Waals surface area contributed by atoms with Gasteiger partial charge in [-0.3, -0.25) is 0 Å². The van der Waals surface area contributed by atoms with E-state index in [0.717, 1.165) is 42.7 Å². The Hall–Kier alpha value is -1.42. The summed E-state index contributed by atoms with van der Waals surface area (Å²) in [6, 6.07) is 6.09. The van der Waals surface area contributed by atoms with Crippen molar-refractivity contribution < 1.29 is 9.47 Å². The fourth-order valence-corrected chi connectivity index (χ4v) is 2.51. The minimum absolute atomic E-state index is 0.651. The molecule has 1 aromatic carbocycles. The highest BCUT2D eigenvalue weighted by Crippen LogP contribution is 2.30. The zero-order valence-corrected chi connectivity index (χ0v) is 12.6. The molecular formula is C16H26N2O2. The summed E-state index contributed by atoms with van der Waals surface area (Å²) in [6.45, 7) is 8.59. The number of piperidine rings is 1. The van der Waals surface area contributed by atoms with Crippen LogP contribution in [0, 0.1) is 5.92 Å². The quantitative estimate of drug-likeness (QED) is 0.805. The Labute approximate surface area is 121 Å². The van der Waals surface area contributed by atoms with Crippen LogP contribution in [0.4, 0.5) is 5.69 Å². The molecular weight excluding hydrogens is 252 g/mol. The fraction of sp³-hybridized carbons (Fsp3) is 0.625. The molecule has 1 aliphatic rings. The maximum absolute atomic E-state index is 5.65. The molecule has 1 saturated heterocycles. The summed E-state index contributed by atoms with van der Waals surface area (Å²) in [6.07, 6.45) is 2.50. The molecule has 1 aromatic rings. The normalized spacial score (nSPS) is 15.9. The van der Waals surface area contributed by atoms with Gasteiger partial charge < -0.3 is 20.1 Å². The van der Waals surface area contributed by atoms with E-state index in [1.807, 2.05) is 26.0 Å². The van der Waals surface area contributed by atoms with Crippen molar-refractivity contribution in [2.75, 3.05) is 38.2 Å². The van der Waals surface area contributed by atoms with Crippen LogP contribution in [0.5, 0.6) is 11.5 Å². The monoisotopic (exact) mass is 278 g/mol. The molecule has 0 atom stereocenters. The molecule has 0 bridgehead atoms. The third-order valence-electron chi connectivity index (χ3n) is 3.60. The molecule has 2 rings (SSSR count). The Balaban J connectivity index is 1.94. The third kappa shape index (κ3) is 4.30. The summed E-state index contributed by atoms with van der Waals surface area (Å²) in [5.41, 5.74) is 1.11. The fourth-order valence-electron chi connectivity index (χ4n) is 2.51. The van der Waals surface area contributed by atoms with E-state index in [1.54, 1.807) is 0 Å². The number of ether oxygens (including phenoxy) is 2. The van der Waals surface area contributed by atoms with Crippen molar-refractivity contribution >= 4 is 5.69 Å². The lowest BCUT2D eigenvalue weighted by Gasteiger charge is -2.23. The average Bonchev–Trinajstić information content (AvgIpc) is 2.49. The van der Waals surface area contributed by atoms with Gasteiger partial charge >= 0.3 is 0 Å². The lowest BCUT2D eigenvalue weighted by atomic mass is 9.98. The van der Waals surface area contributed by atoms with E-state index in [2.05, 4.69) is 16.7 Å². The van der Waals surface area contributed by atoms with Crippen LogP contribution in [-0.4, -0.2) is 32.8 Å². The third-order valence-corrected chi connectivity index (χ3v) is 3.60. The first-order chi connectivity index (χ1) is 9.83. The zero-order valence-electron chi connectivity index (χ0n) is 12.6. The molecule has 0 saturated carbocycles. The van der Waals surface area contributed by atoms with E-state index in [-0.39, 0.29) is 0 Å². The maximum Gasteiger partial charge on any atom is 0.163 e. The Morgan fingerprint density at radius 1 is 1.10 bits per heavy atom. The lowest BCUT2D eigenvalue weighted by molar-refractivity contribution is 0.288. The topological polar surface area (TPSA) is 42.5 Å². The summed E-state index contributed by atoms with van der Waals surface area (Å²) in [7, 11) is 0. The van der Waals surface area contributed by atoms with Crippen LogP contribution in [0.25, 0.3) is 0 Å². The van der Waals surface area contributed by atoms with Gasteiger partial charge in [-0.25, -0.2) is 0 Å². The molecule has 1 fully saturated rings. The second kappa shape index (κ2) is 8.00. The van der Waals surface area contributed by atoms with Gasteiger partial charge in [-0.2, -0.15) is 0 Å². The average molecular weight is 278 g/mol. The van der Waals surface area contributed by atoms with Crippen LogP contribution in [-0.2, 0) is 0 Å². The van der Waals surface area contributed by atoms with Crippen molar-refractivity contribution in [2.24, 2.45) is 5.92 Å². The van der Waals surface area contributed by atoms with Gasteiger partial charge in [-0.05, 0) is 57.8 Å². The molecule has 112 valence electrons. The minimum Gasteiger partial charge on any atom is -0.490 e.